The molecule has 0 rings (SSSR count). The Morgan fingerprint density at radius 3 is 0.800 bits per heavy atom. The molecule has 0 heterocycles. The van der Waals surface area contributed by atoms with E-state index in [1.807, 2.05) is 0 Å². The van der Waals surface area contributed by atoms with Gasteiger partial charge in [-0.15, -0.1) is 0 Å². The molecule has 0 amide bonds. The van der Waals surface area contributed by atoms with E-state index in [1.165, 1.54) is 154 Å². The van der Waals surface area contributed by atoms with Gasteiger partial charge in [0.15, 0.2) is 12.2 Å². The summed E-state index contributed by atoms with van der Waals surface area (Å²) in [5.74, 6) is -1.46. The van der Waals surface area contributed by atoms with Gasteiger partial charge < -0.3 is 33.8 Å². The zero-order valence-electron chi connectivity index (χ0n) is 54.7. The second-order valence-electron chi connectivity index (χ2n) is 24.3. The number of hydrogen-bond acceptors (Lipinski definition) is 15. The van der Waals surface area contributed by atoms with Gasteiger partial charge in [0.05, 0.1) is 26.4 Å². The van der Waals surface area contributed by atoms with Crippen molar-refractivity contribution in [2.45, 2.75) is 355 Å². The predicted octanol–water partition coefficient (Wildman–Crippen LogP) is 18.6. The first-order valence-corrected chi connectivity index (χ1v) is 37.6. The van der Waals surface area contributed by atoms with Crippen LogP contribution in [0.1, 0.15) is 336 Å². The molecule has 5 atom stereocenters. The van der Waals surface area contributed by atoms with Crippen LogP contribution in [0.15, 0.2) is 0 Å². The molecule has 504 valence electrons. The summed E-state index contributed by atoms with van der Waals surface area (Å²) in [6.07, 6.45) is 44.6. The maximum Gasteiger partial charge on any atom is 0.472 e. The Morgan fingerprint density at radius 1 is 0.318 bits per heavy atom. The molecular weight excluding hydrogens is 1130 g/mol. The van der Waals surface area contributed by atoms with E-state index >= 15 is 0 Å². The number of phosphoric acid groups is 2. The molecule has 0 bridgehead atoms. The minimum atomic E-state index is -4.95. The van der Waals surface area contributed by atoms with Crippen molar-refractivity contribution in [3.63, 3.8) is 0 Å². The summed E-state index contributed by atoms with van der Waals surface area (Å²) < 4.78 is 68.0. The Labute approximate surface area is 517 Å². The van der Waals surface area contributed by atoms with Gasteiger partial charge in [0.25, 0.3) is 0 Å². The van der Waals surface area contributed by atoms with Crippen LogP contribution < -0.4 is 0 Å². The quantitative estimate of drug-likeness (QED) is 0.0222. The summed E-state index contributed by atoms with van der Waals surface area (Å²) in [7, 11) is -9.89. The summed E-state index contributed by atoms with van der Waals surface area (Å²) in [4.78, 5) is 72.2. The van der Waals surface area contributed by atoms with Crippen LogP contribution in [0.3, 0.4) is 0 Å². The van der Waals surface area contributed by atoms with Crippen LogP contribution in [0.5, 0.6) is 0 Å². The molecule has 0 spiro atoms. The monoisotopic (exact) mass is 1250 g/mol. The average Bonchev–Trinajstić information content (AvgIpc) is 3.64. The fourth-order valence-corrected chi connectivity index (χ4v) is 11.5. The van der Waals surface area contributed by atoms with Gasteiger partial charge >= 0.3 is 39.5 Å². The summed E-state index contributed by atoms with van der Waals surface area (Å²) in [6.45, 7) is 7.10. The Bertz CT molecular complexity index is 1650. The van der Waals surface area contributed by atoms with Gasteiger partial charge in [0.1, 0.15) is 19.3 Å². The van der Waals surface area contributed by atoms with Crippen LogP contribution >= 0.6 is 15.6 Å². The number of unbranched alkanes of at least 4 members (excludes halogenated alkanes) is 38. The molecule has 0 fully saturated rings. The topological polar surface area (TPSA) is 237 Å². The van der Waals surface area contributed by atoms with E-state index in [1.54, 1.807) is 0 Å². The summed E-state index contributed by atoms with van der Waals surface area (Å²) >= 11 is 0. The van der Waals surface area contributed by atoms with Crippen molar-refractivity contribution in [1.82, 2.24) is 0 Å². The van der Waals surface area contributed by atoms with Crippen LogP contribution in [0.2, 0.25) is 0 Å². The molecule has 0 aromatic carbocycles. The third kappa shape index (κ3) is 60.7. The SMILES string of the molecule is CCCCCCCCCCCCCCCCCC(=O)O[C@H](COC(=O)CCCCCCCCCCCCCCC)COP(=O)(O)OC[C@@H](O)COP(=O)(O)OC[C@@H](COC(=O)CCCCCCCCCC)OC(=O)CCCCCCCCC(C)C. The number of carbonyl (C=O) groups is 4. The smallest absolute Gasteiger partial charge is 0.462 e. The van der Waals surface area contributed by atoms with Gasteiger partial charge in [-0.1, -0.05) is 285 Å². The molecule has 19 heteroatoms. The van der Waals surface area contributed by atoms with Crippen molar-refractivity contribution < 1.29 is 80.2 Å². The minimum absolute atomic E-state index is 0.102. The molecule has 0 aliphatic rings. The second-order valence-corrected chi connectivity index (χ2v) is 27.2. The number of hydrogen-bond donors (Lipinski definition) is 3. The maximum atomic E-state index is 13.0. The van der Waals surface area contributed by atoms with E-state index in [2.05, 4.69) is 34.6 Å². The zero-order chi connectivity index (χ0) is 62.8. The van der Waals surface area contributed by atoms with Gasteiger partial charge in [-0.05, 0) is 31.6 Å². The molecule has 0 aliphatic heterocycles. The lowest BCUT2D eigenvalue weighted by Gasteiger charge is -2.21. The van der Waals surface area contributed by atoms with Crippen LogP contribution in [-0.4, -0.2) is 96.7 Å². The summed E-state index contributed by atoms with van der Waals surface area (Å²) in [6, 6.07) is 0. The molecule has 0 aromatic rings. The molecule has 0 aromatic heterocycles. The molecule has 0 radical (unpaired) electrons. The molecular formula is C66H128O17P2. The zero-order valence-corrected chi connectivity index (χ0v) is 56.5. The standard InChI is InChI=1S/C66H128O17P2/c1-6-9-12-15-18-21-23-25-26-28-30-32-35-41-46-51-65(70)82-61(55-77-64(69)50-45-40-34-31-29-27-24-22-19-16-13-10-7-2)57-80-84(72,73)78-53-60(67)54-79-85(74,75)81-58-62(56-76-63(68)49-44-39-33-20-17-14-11-8-3)83-66(71)52-47-42-37-36-38-43-48-59(4)5/h59-62,67H,6-58H2,1-5H3,(H,72,73)(H,74,75)/t60-,61-,62-/m1/s1. The fourth-order valence-electron chi connectivity index (χ4n) is 9.94. The normalized spacial score (nSPS) is 14.2. The number of phosphoric ester groups is 2. The van der Waals surface area contributed by atoms with Crippen LogP contribution in [0.25, 0.3) is 0 Å². The number of rotatable bonds is 66. The molecule has 0 aliphatic carbocycles. The van der Waals surface area contributed by atoms with Crippen molar-refractivity contribution in [2.24, 2.45) is 5.92 Å². The van der Waals surface area contributed by atoms with E-state index in [0.717, 1.165) is 96.3 Å². The Kier molecular flexibility index (Phi) is 58.3. The largest absolute Gasteiger partial charge is 0.472 e. The van der Waals surface area contributed by atoms with Gasteiger partial charge in [-0.25, -0.2) is 9.13 Å². The Hall–Kier alpha value is -1.94. The lowest BCUT2D eigenvalue weighted by Crippen LogP contribution is -2.30. The van der Waals surface area contributed by atoms with Crippen LogP contribution in [-0.2, 0) is 65.4 Å². The highest BCUT2D eigenvalue weighted by Gasteiger charge is 2.30. The van der Waals surface area contributed by atoms with E-state index in [4.69, 9.17) is 37.0 Å². The van der Waals surface area contributed by atoms with E-state index in [-0.39, 0.29) is 25.7 Å². The second kappa shape index (κ2) is 59.7. The van der Waals surface area contributed by atoms with Crippen molar-refractivity contribution >= 4 is 39.5 Å². The highest BCUT2D eigenvalue weighted by molar-refractivity contribution is 7.47. The van der Waals surface area contributed by atoms with E-state index < -0.39 is 97.5 Å². The Morgan fingerprint density at radius 2 is 0.541 bits per heavy atom. The van der Waals surface area contributed by atoms with Crippen molar-refractivity contribution in [1.29, 1.82) is 0 Å². The molecule has 17 nitrogen and oxygen atoms in total. The number of ether oxygens (including phenoxy) is 4. The first kappa shape index (κ1) is 83.1. The Balaban J connectivity index is 5.21. The predicted molar refractivity (Wildman–Crippen MR) is 340 cm³/mol. The number of aliphatic hydroxyl groups excluding tert-OH is 1. The highest BCUT2D eigenvalue weighted by atomic mass is 31.2. The van der Waals surface area contributed by atoms with Crippen molar-refractivity contribution in [3.8, 4) is 0 Å². The first-order chi connectivity index (χ1) is 41.0. The maximum absolute atomic E-state index is 13.0. The van der Waals surface area contributed by atoms with Crippen molar-refractivity contribution in [3.05, 3.63) is 0 Å². The van der Waals surface area contributed by atoms with Crippen LogP contribution in [0.4, 0.5) is 0 Å². The van der Waals surface area contributed by atoms with Crippen LogP contribution in [0, 0.1) is 5.92 Å². The van der Waals surface area contributed by atoms with Crippen molar-refractivity contribution in [2.75, 3.05) is 39.6 Å². The summed E-state index contributed by atoms with van der Waals surface area (Å²) in [5.41, 5.74) is 0. The molecule has 0 saturated heterocycles. The highest BCUT2D eigenvalue weighted by Crippen LogP contribution is 2.45. The lowest BCUT2D eigenvalue weighted by atomic mass is 10.0. The number of carbonyl (C=O) groups excluding carboxylic acids is 4. The molecule has 3 N–H and O–H groups in total. The van der Waals surface area contributed by atoms with E-state index in [9.17, 15) is 43.2 Å². The van der Waals surface area contributed by atoms with Gasteiger partial charge in [-0.2, -0.15) is 0 Å². The van der Waals surface area contributed by atoms with E-state index in [0.29, 0.717) is 31.6 Å². The first-order valence-electron chi connectivity index (χ1n) is 34.6. The lowest BCUT2D eigenvalue weighted by molar-refractivity contribution is -0.161. The van der Waals surface area contributed by atoms with Gasteiger partial charge in [0, 0.05) is 25.7 Å². The fraction of sp³-hybridized carbons (Fsp3) is 0.939. The van der Waals surface area contributed by atoms with Gasteiger partial charge in [-0.3, -0.25) is 37.3 Å². The summed E-state index contributed by atoms with van der Waals surface area (Å²) in [5, 5.41) is 10.5. The third-order valence-corrected chi connectivity index (χ3v) is 17.2. The molecule has 85 heavy (non-hydrogen) atoms. The number of esters is 4. The molecule has 0 saturated carbocycles. The molecule has 2 unspecified atom stereocenters. The minimum Gasteiger partial charge on any atom is -0.462 e. The van der Waals surface area contributed by atoms with Gasteiger partial charge in [0.2, 0.25) is 0 Å². The average molecular weight is 1260 g/mol. The third-order valence-electron chi connectivity index (χ3n) is 15.3. The number of aliphatic hydroxyl groups is 1.